The Morgan fingerprint density at radius 2 is 2.18 bits per heavy atom. The molecule has 0 radical (unpaired) electrons. The van der Waals surface area contributed by atoms with Gasteiger partial charge in [0, 0.05) is 31.6 Å². The zero-order valence-corrected chi connectivity index (χ0v) is 10.3. The molecule has 0 aliphatic rings. The molecule has 0 saturated carbocycles. The Bertz CT molecular complexity index is 459. The molecule has 0 aliphatic carbocycles. The zero-order valence-electron chi connectivity index (χ0n) is 10.3. The van der Waals surface area contributed by atoms with Gasteiger partial charge < -0.3 is 5.32 Å². The van der Waals surface area contributed by atoms with Crippen molar-refractivity contribution >= 4 is 0 Å². The zero-order chi connectivity index (χ0) is 12.1. The minimum Gasteiger partial charge on any atom is -0.316 e. The molecule has 2 rings (SSSR count). The van der Waals surface area contributed by atoms with Crippen molar-refractivity contribution in [2.24, 2.45) is 0 Å². The van der Waals surface area contributed by atoms with Gasteiger partial charge in [0.05, 0.1) is 0 Å². The first-order chi connectivity index (χ1) is 8.35. The average molecular weight is 230 g/mol. The lowest BCUT2D eigenvalue weighted by atomic mass is 10.3. The quantitative estimate of drug-likeness (QED) is 0.853. The molecule has 4 nitrogen and oxygen atoms in total. The van der Waals surface area contributed by atoms with Crippen LogP contribution in [0, 0.1) is 0 Å². The van der Waals surface area contributed by atoms with Crippen LogP contribution in [0.4, 0.5) is 0 Å². The van der Waals surface area contributed by atoms with Gasteiger partial charge in [-0.3, -0.25) is 4.57 Å². The van der Waals surface area contributed by atoms with Crippen LogP contribution >= 0.6 is 0 Å². The molecule has 2 aromatic heterocycles. The first kappa shape index (κ1) is 11.8. The van der Waals surface area contributed by atoms with Gasteiger partial charge in [-0.05, 0) is 25.1 Å². The maximum Gasteiger partial charge on any atom is 0.137 e. The van der Waals surface area contributed by atoms with E-state index in [0.717, 1.165) is 31.0 Å². The SMILES string of the molecule is CCCc1nccn1-c1ccc(CNC)cn1. The predicted octanol–water partition coefficient (Wildman–Crippen LogP) is 1.94. The highest BCUT2D eigenvalue weighted by Gasteiger charge is 2.04. The third-order valence-corrected chi connectivity index (χ3v) is 2.63. The summed E-state index contributed by atoms with van der Waals surface area (Å²) in [5, 5.41) is 3.11. The van der Waals surface area contributed by atoms with Crippen molar-refractivity contribution < 1.29 is 0 Å². The Balaban J connectivity index is 2.23. The van der Waals surface area contributed by atoms with Crippen molar-refractivity contribution in [3.05, 3.63) is 42.1 Å². The maximum absolute atomic E-state index is 4.47. The molecule has 17 heavy (non-hydrogen) atoms. The Morgan fingerprint density at radius 3 is 2.82 bits per heavy atom. The van der Waals surface area contributed by atoms with E-state index < -0.39 is 0 Å². The van der Waals surface area contributed by atoms with Crippen LogP contribution in [0.1, 0.15) is 24.7 Å². The fraction of sp³-hybridized carbons (Fsp3) is 0.385. The van der Waals surface area contributed by atoms with E-state index in [1.54, 1.807) is 0 Å². The number of aryl methyl sites for hydroxylation is 1. The van der Waals surface area contributed by atoms with Crippen LogP contribution in [-0.2, 0) is 13.0 Å². The smallest absolute Gasteiger partial charge is 0.137 e. The van der Waals surface area contributed by atoms with Gasteiger partial charge in [-0.25, -0.2) is 9.97 Å². The van der Waals surface area contributed by atoms with E-state index in [1.165, 1.54) is 5.56 Å². The average Bonchev–Trinajstić information content (AvgIpc) is 2.79. The van der Waals surface area contributed by atoms with Gasteiger partial charge in [-0.15, -0.1) is 0 Å². The molecule has 4 heteroatoms. The normalized spacial score (nSPS) is 10.7. The summed E-state index contributed by atoms with van der Waals surface area (Å²) in [4.78, 5) is 8.82. The molecule has 1 N–H and O–H groups in total. The predicted molar refractivity (Wildman–Crippen MR) is 68.1 cm³/mol. The Morgan fingerprint density at radius 1 is 1.29 bits per heavy atom. The summed E-state index contributed by atoms with van der Waals surface area (Å²) in [6.45, 7) is 3.00. The number of pyridine rings is 1. The molecule has 0 spiro atoms. The van der Waals surface area contributed by atoms with E-state index >= 15 is 0 Å². The molecule has 2 aromatic rings. The van der Waals surface area contributed by atoms with Gasteiger partial charge in [-0.2, -0.15) is 0 Å². The lowest BCUT2D eigenvalue weighted by molar-refractivity contribution is 0.789. The molecule has 90 valence electrons. The van der Waals surface area contributed by atoms with Crippen LogP contribution in [0.25, 0.3) is 5.82 Å². The first-order valence-electron chi connectivity index (χ1n) is 5.97. The van der Waals surface area contributed by atoms with Crippen molar-refractivity contribution in [3.8, 4) is 5.82 Å². The summed E-state index contributed by atoms with van der Waals surface area (Å²) in [6.07, 6.45) is 7.77. The van der Waals surface area contributed by atoms with Crippen molar-refractivity contribution in [1.82, 2.24) is 19.9 Å². The second-order valence-electron chi connectivity index (χ2n) is 4.02. The van der Waals surface area contributed by atoms with E-state index in [9.17, 15) is 0 Å². The summed E-state index contributed by atoms with van der Waals surface area (Å²) in [6, 6.07) is 4.13. The number of hydrogen-bond donors (Lipinski definition) is 1. The Hall–Kier alpha value is -1.68. The van der Waals surface area contributed by atoms with Crippen molar-refractivity contribution in [1.29, 1.82) is 0 Å². The van der Waals surface area contributed by atoms with E-state index in [-0.39, 0.29) is 0 Å². The summed E-state index contributed by atoms with van der Waals surface area (Å²) in [7, 11) is 1.93. The second-order valence-corrected chi connectivity index (χ2v) is 4.02. The van der Waals surface area contributed by atoms with Crippen LogP contribution in [0.2, 0.25) is 0 Å². The van der Waals surface area contributed by atoms with Crippen LogP contribution < -0.4 is 5.32 Å². The number of hydrogen-bond acceptors (Lipinski definition) is 3. The summed E-state index contributed by atoms with van der Waals surface area (Å²) in [5.41, 5.74) is 1.19. The molecule has 0 unspecified atom stereocenters. The number of imidazole rings is 1. The fourth-order valence-electron chi connectivity index (χ4n) is 1.82. The molecule has 0 fully saturated rings. The monoisotopic (exact) mass is 230 g/mol. The Labute approximate surface area is 102 Å². The van der Waals surface area contributed by atoms with Crippen LogP contribution in [0.3, 0.4) is 0 Å². The van der Waals surface area contributed by atoms with Crippen molar-refractivity contribution in [2.75, 3.05) is 7.05 Å². The minimum absolute atomic E-state index is 0.846. The third-order valence-electron chi connectivity index (χ3n) is 2.63. The number of nitrogens with one attached hydrogen (secondary N) is 1. The molecule has 0 aromatic carbocycles. The molecule has 0 saturated heterocycles. The highest BCUT2D eigenvalue weighted by molar-refractivity contribution is 5.27. The highest BCUT2D eigenvalue weighted by Crippen LogP contribution is 2.10. The number of aromatic nitrogens is 3. The topological polar surface area (TPSA) is 42.7 Å². The number of rotatable bonds is 5. The maximum atomic E-state index is 4.47. The molecule has 2 heterocycles. The largest absolute Gasteiger partial charge is 0.316 e. The second kappa shape index (κ2) is 5.59. The lowest BCUT2D eigenvalue weighted by Gasteiger charge is -2.07. The number of nitrogens with zero attached hydrogens (tertiary/aromatic N) is 3. The van der Waals surface area contributed by atoms with E-state index in [0.29, 0.717) is 0 Å². The van der Waals surface area contributed by atoms with Gasteiger partial charge in [0.2, 0.25) is 0 Å². The van der Waals surface area contributed by atoms with Gasteiger partial charge in [-0.1, -0.05) is 13.0 Å². The van der Waals surface area contributed by atoms with Gasteiger partial charge in [0.1, 0.15) is 11.6 Å². The van der Waals surface area contributed by atoms with Gasteiger partial charge >= 0.3 is 0 Å². The van der Waals surface area contributed by atoms with E-state index in [2.05, 4.69) is 28.3 Å². The summed E-state index contributed by atoms with van der Waals surface area (Å²) >= 11 is 0. The van der Waals surface area contributed by atoms with Gasteiger partial charge in [0.25, 0.3) is 0 Å². The third kappa shape index (κ3) is 2.71. The van der Waals surface area contributed by atoms with E-state index in [1.807, 2.05) is 36.3 Å². The molecule has 0 amide bonds. The van der Waals surface area contributed by atoms with Crippen molar-refractivity contribution in [2.45, 2.75) is 26.3 Å². The van der Waals surface area contributed by atoms with Crippen molar-refractivity contribution in [3.63, 3.8) is 0 Å². The van der Waals surface area contributed by atoms with E-state index in [4.69, 9.17) is 0 Å². The molecule has 0 bridgehead atoms. The minimum atomic E-state index is 0.846. The van der Waals surface area contributed by atoms with Crippen LogP contribution in [0.5, 0.6) is 0 Å². The molecular weight excluding hydrogens is 212 g/mol. The van der Waals surface area contributed by atoms with Crippen LogP contribution in [-0.4, -0.2) is 21.6 Å². The Kier molecular flexibility index (Phi) is 3.88. The molecular formula is C13H18N4. The molecule has 0 atom stereocenters. The summed E-state index contributed by atoms with van der Waals surface area (Å²) in [5.74, 6) is 2.01. The van der Waals surface area contributed by atoms with Crippen LogP contribution in [0.15, 0.2) is 30.7 Å². The van der Waals surface area contributed by atoms with Gasteiger partial charge in [0.15, 0.2) is 0 Å². The first-order valence-corrected chi connectivity index (χ1v) is 5.97. The summed E-state index contributed by atoms with van der Waals surface area (Å²) < 4.78 is 2.05. The standard InChI is InChI=1S/C13H18N4/c1-3-4-12-15-7-8-17(12)13-6-5-11(9-14-2)10-16-13/h5-8,10,14H,3-4,9H2,1-2H3. The lowest BCUT2D eigenvalue weighted by Crippen LogP contribution is -2.07. The molecule has 0 aliphatic heterocycles. The fourth-order valence-corrected chi connectivity index (χ4v) is 1.82. The highest BCUT2D eigenvalue weighted by atomic mass is 15.1.